The number of ether oxygens (including phenoxy) is 1. The normalized spacial score (nSPS) is 13.9. The molecule has 0 aliphatic heterocycles. The molecular weight excluding hydrogens is 300 g/mol. The molecule has 0 amide bonds. The number of hydrogen-bond acceptors (Lipinski definition) is 3. The molecule has 1 unspecified atom stereocenters. The molecule has 3 nitrogen and oxygen atoms in total. The predicted octanol–water partition coefficient (Wildman–Crippen LogP) is 4.54. The maximum absolute atomic E-state index is 13.1. The summed E-state index contributed by atoms with van der Waals surface area (Å²) in [5.41, 5.74) is 0.731. The van der Waals surface area contributed by atoms with E-state index in [2.05, 4.69) is 0 Å². The van der Waals surface area contributed by atoms with E-state index in [1.807, 2.05) is 42.5 Å². The highest BCUT2D eigenvalue weighted by molar-refractivity contribution is 6.15. The zero-order valence-electron chi connectivity index (χ0n) is 14.3. The summed E-state index contributed by atoms with van der Waals surface area (Å²) in [5, 5.41) is 0. The van der Waals surface area contributed by atoms with Crippen molar-refractivity contribution in [1.82, 2.24) is 0 Å². The van der Waals surface area contributed by atoms with E-state index in [0.717, 1.165) is 5.56 Å². The Labute approximate surface area is 143 Å². The van der Waals surface area contributed by atoms with Crippen molar-refractivity contribution < 1.29 is 14.3 Å². The van der Waals surface area contributed by atoms with E-state index in [0.29, 0.717) is 11.1 Å². The van der Waals surface area contributed by atoms with Crippen LogP contribution in [-0.2, 0) is 9.53 Å². The summed E-state index contributed by atoms with van der Waals surface area (Å²) in [6, 6.07) is 18.5. The first-order valence-electron chi connectivity index (χ1n) is 8.01. The zero-order valence-corrected chi connectivity index (χ0v) is 14.3. The van der Waals surface area contributed by atoms with E-state index in [9.17, 15) is 9.59 Å². The summed E-state index contributed by atoms with van der Waals surface area (Å²) in [4.78, 5) is 25.7. The van der Waals surface area contributed by atoms with Gasteiger partial charge in [0, 0.05) is 5.56 Å². The van der Waals surface area contributed by atoms with Crippen LogP contribution < -0.4 is 0 Å². The molecule has 1 atom stereocenters. The molecule has 124 valence electrons. The highest BCUT2D eigenvalue weighted by Gasteiger charge is 2.44. The van der Waals surface area contributed by atoms with E-state index >= 15 is 0 Å². The molecule has 0 spiro atoms. The fraction of sp³-hybridized carbons (Fsp3) is 0.238. The summed E-state index contributed by atoms with van der Waals surface area (Å²) in [7, 11) is 0. The summed E-state index contributed by atoms with van der Waals surface area (Å²) in [5.74, 6) is -0.783. The molecule has 2 aromatic carbocycles. The molecular formula is C21H22O3. The Kier molecular flexibility index (Phi) is 5.69. The van der Waals surface area contributed by atoms with Gasteiger partial charge in [0.05, 0.1) is 6.61 Å². The minimum Gasteiger partial charge on any atom is -0.465 e. The Morgan fingerprint density at radius 1 is 1.00 bits per heavy atom. The molecule has 0 saturated carbocycles. The molecule has 0 bridgehead atoms. The Hall–Kier alpha value is -2.68. The first-order chi connectivity index (χ1) is 11.5. The van der Waals surface area contributed by atoms with Crippen LogP contribution in [0.1, 0.15) is 36.7 Å². The van der Waals surface area contributed by atoms with E-state index in [1.165, 1.54) is 0 Å². The van der Waals surface area contributed by atoms with Crippen molar-refractivity contribution in [3.05, 3.63) is 77.4 Å². The smallest absolute Gasteiger partial charge is 0.323 e. The molecule has 0 aromatic heterocycles. The predicted molar refractivity (Wildman–Crippen MR) is 95.6 cm³/mol. The van der Waals surface area contributed by atoms with Gasteiger partial charge in [-0.2, -0.15) is 0 Å². The first kappa shape index (κ1) is 17.7. The van der Waals surface area contributed by atoms with Crippen LogP contribution in [0.2, 0.25) is 0 Å². The Balaban J connectivity index is 2.49. The molecule has 0 heterocycles. The van der Waals surface area contributed by atoms with Gasteiger partial charge in [-0.25, -0.2) is 0 Å². The van der Waals surface area contributed by atoms with Crippen molar-refractivity contribution >= 4 is 17.8 Å². The van der Waals surface area contributed by atoms with Crippen molar-refractivity contribution in [2.45, 2.75) is 20.8 Å². The number of hydrogen-bond donors (Lipinski definition) is 0. The average molecular weight is 322 g/mol. The van der Waals surface area contributed by atoms with Crippen LogP contribution >= 0.6 is 0 Å². The number of rotatable bonds is 6. The van der Waals surface area contributed by atoms with Gasteiger partial charge in [-0.1, -0.05) is 66.7 Å². The average Bonchev–Trinajstić information content (AvgIpc) is 2.62. The van der Waals surface area contributed by atoms with Crippen LogP contribution in [0.15, 0.2) is 66.2 Å². The molecule has 0 N–H and O–H groups in total. The lowest BCUT2D eigenvalue weighted by Crippen LogP contribution is -2.39. The van der Waals surface area contributed by atoms with Gasteiger partial charge in [0.25, 0.3) is 0 Å². The number of carbonyl (C=O) groups excluding carboxylic acids is 2. The number of ketones is 1. The maximum atomic E-state index is 13.1. The van der Waals surface area contributed by atoms with Gasteiger partial charge in [-0.05, 0) is 31.9 Å². The molecule has 0 aliphatic rings. The molecule has 0 radical (unpaired) electrons. The van der Waals surface area contributed by atoms with Crippen LogP contribution in [0.5, 0.6) is 0 Å². The van der Waals surface area contributed by atoms with Gasteiger partial charge < -0.3 is 4.74 Å². The van der Waals surface area contributed by atoms with Gasteiger partial charge >= 0.3 is 5.97 Å². The summed E-state index contributed by atoms with van der Waals surface area (Å²) < 4.78 is 5.21. The third-order valence-electron chi connectivity index (χ3n) is 4.15. The van der Waals surface area contributed by atoms with Gasteiger partial charge in [-0.15, -0.1) is 0 Å². The molecule has 24 heavy (non-hydrogen) atoms. The lowest BCUT2D eigenvalue weighted by molar-refractivity contribution is -0.149. The zero-order chi connectivity index (χ0) is 17.6. The molecule has 3 heteroatoms. The van der Waals surface area contributed by atoms with Gasteiger partial charge in [0.15, 0.2) is 5.78 Å². The molecule has 2 aromatic rings. The third-order valence-corrected chi connectivity index (χ3v) is 4.15. The fourth-order valence-electron chi connectivity index (χ4n) is 2.53. The van der Waals surface area contributed by atoms with E-state index in [-0.39, 0.29) is 12.4 Å². The SMILES string of the molecule is CCOC(=O)C(C)(C(=O)c1ccccc1)/C(C)=C/c1ccccc1. The quantitative estimate of drug-likeness (QED) is 0.445. The Bertz CT molecular complexity index is 732. The second kappa shape index (κ2) is 7.73. The van der Waals surface area contributed by atoms with Crippen molar-refractivity contribution in [1.29, 1.82) is 0 Å². The maximum Gasteiger partial charge on any atom is 0.323 e. The highest BCUT2D eigenvalue weighted by Crippen LogP contribution is 2.34. The van der Waals surface area contributed by atoms with Crippen molar-refractivity contribution in [2.24, 2.45) is 5.41 Å². The minimum absolute atomic E-state index is 0.231. The van der Waals surface area contributed by atoms with Gasteiger partial charge in [0.2, 0.25) is 0 Å². The van der Waals surface area contributed by atoms with Gasteiger partial charge in [-0.3, -0.25) is 9.59 Å². The topological polar surface area (TPSA) is 43.4 Å². The summed E-state index contributed by atoms with van der Waals surface area (Å²) in [6.07, 6.45) is 1.86. The van der Waals surface area contributed by atoms with E-state index < -0.39 is 11.4 Å². The molecule has 2 rings (SSSR count). The monoisotopic (exact) mass is 322 g/mol. The number of esters is 1. The lowest BCUT2D eigenvalue weighted by Gasteiger charge is -2.27. The summed E-state index contributed by atoms with van der Waals surface area (Å²) in [6.45, 7) is 5.40. The minimum atomic E-state index is -1.35. The van der Waals surface area contributed by atoms with Crippen molar-refractivity contribution in [3.8, 4) is 0 Å². The number of benzene rings is 2. The van der Waals surface area contributed by atoms with Crippen LogP contribution in [0, 0.1) is 5.41 Å². The van der Waals surface area contributed by atoms with Gasteiger partial charge in [0.1, 0.15) is 5.41 Å². The third kappa shape index (κ3) is 3.62. The van der Waals surface area contributed by atoms with Crippen LogP contribution in [0.4, 0.5) is 0 Å². The summed E-state index contributed by atoms with van der Waals surface area (Å²) >= 11 is 0. The fourth-order valence-corrected chi connectivity index (χ4v) is 2.53. The largest absolute Gasteiger partial charge is 0.465 e. The second-order valence-corrected chi connectivity index (χ2v) is 5.78. The second-order valence-electron chi connectivity index (χ2n) is 5.78. The molecule has 0 aliphatic carbocycles. The van der Waals surface area contributed by atoms with Crippen LogP contribution in [0.25, 0.3) is 6.08 Å². The first-order valence-corrected chi connectivity index (χ1v) is 8.01. The Morgan fingerprint density at radius 3 is 2.08 bits per heavy atom. The van der Waals surface area contributed by atoms with Crippen LogP contribution in [0.3, 0.4) is 0 Å². The highest BCUT2D eigenvalue weighted by atomic mass is 16.5. The molecule has 0 saturated heterocycles. The van der Waals surface area contributed by atoms with Crippen LogP contribution in [-0.4, -0.2) is 18.4 Å². The van der Waals surface area contributed by atoms with Crippen molar-refractivity contribution in [2.75, 3.05) is 6.61 Å². The molecule has 0 fully saturated rings. The van der Waals surface area contributed by atoms with E-state index in [4.69, 9.17) is 4.74 Å². The Morgan fingerprint density at radius 2 is 1.54 bits per heavy atom. The van der Waals surface area contributed by atoms with E-state index in [1.54, 1.807) is 45.0 Å². The number of carbonyl (C=O) groups is 2. The van der Waals surface area contributed by atoms with Crippen molar-refractivity contribution in [3.63, 3.8) is 0 Å². The number of Topliss-reactive ketones (excluding diaryl/α,β-unsaturated/α-hetero) is 1. The lowest BCUT2D eigenvalue weighted by atomic mass is 9.75. The standard InChI is InChI=1S/C21H22O3/c1-4-24-20(23)21(3,19(22)18-13-9-6-10-14-18)16(2)15-17-11-7-5-8-12-17/h5-15H,4H2,1-3H3/b16-15+.